The van der Waals surface area contributed by atoms with Crippen molar-refractivity contribution in [2.45, 2.75) is 62.0 Å². The highest BCUT2D eigenvalue weighted by atomic mass is 32.2. The summed E-state index contributed by atoms with van der Waals surface area (Å²) in [4.78, 5) is 28.6. The number of rotatable bonds is 10. The van der Waals surface area contributed by atoms with Crippen molar-refractivity contribution in [3.63, 3.8) is 0 Å². The molecule has 2 saturated heterocycles. The normalized spacial score (nSPS) is 21.4. The van der Waals surface area contributed by atoms with Crippen LogP contribution in [-0.4, -0.2) is 88.7 Å². The van der Waals surface area contributed by atoms with Gasteiger partial charge in [0, 0.05) is 56.4 Å². The lowest BCUT2D eigenvalue weighted by Gasteiger charge is -2.42. The molecule has 5 N–H and O–H groups in total. The Kier molecular flexibility index (Phi) is 7.98. The molecule has 0 spiro atoms. The molecule has 13 nitrogen and oxygen atoms in total. The molecule has 2 aliphatic rings. The summed E-state index contributed by atoms with van der Waals surface area (Å²) in [6.07, 6.45) is 4.38. The number of hydrogen-bond donors (Lipinski definition) is 5. The molecule has 2 unspecified atom stereocenters. The smallest absolute Gasteiger partial charge is 0.298 e. The van der Waals surface area contributed by atoms with Crippen LogP contribution in [0.5, 0.6) is 0 Å². The van der Waals surface area contributed by atoms with Crippen molar-refractivity contribution in [2.24, 2.45) is 0 Å². The predicted molar refractivity (Wildman–Crippen MR) is 135 cm³/mol. The number of aliphatic hydroxyl groups is 1. The summed E-state index contributed by atoms with van der Waals surface area (Å²) < 4.78 is 33.3. The lowest BCUT2D eigenvalue weighted by molar-refractivity contribution is 0.0939. The van der Waals surface area contributed by atoms with Gasteiger partial charge in [0.25, 0.3) is 16.0 Å². The molecular formula is C23H32N8O5S. The Morgan fingerprint density at radius 1 is 1.30 bits per heavy atom. The number of nitrogens with one attached hydrogen (secondary N) is 3. The average molecular weight is 533 g/mol. The summed E-state index contributed by atoms with van der Waals surface area (Å²) in [6.45, 7) is 2.22. The fourth-order valence-electron chi connectivity index (χ4n) is 5.29. The maximum Gasteiger partial charge on any atom is 0.298 e. The molecule has 37 heavy (non-hydrogen) atoms. The van der Waals surface area contributed by atoms with Crippen molar-refractivity contribution >= 4 is 33.6 Å². The minimum Gasteiger partial charge on any atom is -0.395 e. The van der Waals surface area contributed by atoms with Gasteiger partial charge in [0.2, 0.25) is 5.95 Å². The molecule has 2 atom stereocenters. The van der Waals surface area contributed by atoms with Crippen LogP contribution in [0, 0.1) is 18.3 Å². The van der Waals surface area contributed by atoms with Crippen molar-refractivity contribution in [3.8, 4) is 6.07 Å². The van der Waals surface area contributed by atoms with E-state index in [9.17, 15) is 17.8 Å². The van der Waals surface area contributed by atoms with E-state index >= 15 is 0 Å². The number of anilines is 3. The fourth-order valence-corrected chi connectivity index (χ4v) is 5.98. The largest absolute Gasteiger partial charge is 0.395 e. The summed E-state index contributed by atoms with van der Waals surface area (Å²) in [5.41, 5.74) is 0.542. The third-order valence-corrected chi connectivity index (χ3v) is 7.87. The zero-order chi connectivity index (χ0) is 26.7. The SMILES string of the molecule is Cc1cc(S(=O)(=O)O)c(Nc2cc(C(=O)NCCO)nc(N(C)C3CC4CCC(C3)N4CCC#N)n2)[nH]1. The molecule has 4 rings (SSSR count). The van der Waals surface area contributed by atoms with Crippen LogP contribution in [0.4, 0.5) is 17.6 Å². The van der Waals surface area contributed by atoms with Crippen LogP contribution in [0.1, 0.15) is 48.3 Å². The number of hydrogen-bond acceptors (Lipinski definition) is 10. The molecule has 2 aliphatic heterocycles. The number of aliphatic hydroxyl groups excluding tert-OH is 1. The number of aromatic nitrogens is 3. The molecule has 0 saturated carbocycles. The average Bonchev–Trinajstić information content (AvgIpc) is 3.34. The number of carbonyl (C=O) groups is 1. The Balaban J connectivity index is 1.63. The molecule has 2 aromatic rings. The van der Waals surface area contributed by atoms with Crippen molar-refractivity contribution in [1.29, 1.82) is 5.26 Å². The monoisotopic (exact) mass is 532 g/mol. The van der Waals surface area contributed by atoms with Crippen LogP contribution in [-0.2, 0) is 10.1 Å². The number of amides is 1. The fraction of sp³-hybridized carbons (Fsp3) is 0.565. The van der Waals surface area contributed by atoms with Gasteiger partial charge in [-0.25, -0.2) is 4.98 Å². The zero-order valence-electron chi connectivity index (χ0n) is 20.8. The minimum absolute atomic E-state index is 0.0119. The van der Waals surface area contributed by atoms with Gasteiger partial charge in [0.05, 0.1) is 12.7 Å². The molecule has 1 amide bonds. The molecule has 2 bridgehead atoms. The molecule has 0 radical (unpaired) electrons. The summed E-state index contributed by atoms with van der Waals surface area (Å²) in [5.74, 6) is -0.0611. The molecule has 200 valence electrons. The van der Waals surface area contributed by atoms with E-state index in [0.29, 0.717) is 24.2 Å². The molecule has 14 heteroatoms. The van der Waals surface area contributed by atoms with Gasteiger partial charge in [-0.1, -0.05) is 0 Å². The zero-order valence-corrected chi connectivity index (χ0v) is 21.6. The first-order chi connectivity index (χ1) is 17.6. The second-order valence-electron chi connectivity index (χ2n) is 9.48. The predicted octanol–water partition coefficient (Wildman–Crippen LogP) is 1.17. The summed E-state index contributed by atoms with van der Waals surface area (Å²) in [7, 11) is -2.64. The van der Waals surface area contributed by atoms with Gasteiger partial charge >= 0.3 is 0 Å². The highest BCUT2D eigenvalue weighted by Gasteiger charge is 2.42. The Hall–Kier alpha value is -3.25. The Labute approximate surface area is 215 Å². The summed E-state index contributed by atoms with van der Waals surface area (Å²) >= 11 is 0. The molecule has 0 aliphatic carbocycles. The second-order valence-corrected chi connectivity index (χ2v) is 10.9. The van der Waals surface area contributed by atoms with E-state index in [-0.39, 0.29) is 47.4 Å². The van der Waals surface area contributed by atoms with E-state index in [1.54, 1.807) is 6.92 Å². The van der Waals surface area contributed by atoms with Crippen molar-refractivity contribution in [1.82, 2.24) is 25.2 Å². The first-order valence-electron chi connectivity index (χ1n) is 12.2. The topological polar surface area (TPSA) is 188 Å². The van der Waals surface area contributed by atoms with E-state index in [4.69, 9.17) is 10.4 Å². The lowest BCUT2D eigenvalue weighted by atomic mass is 9.96. The van der Waals surface area contributed by atoms with Gasteiger partial charge in [-0.2, -0.15) is 18.7 Å². The second kappa shape index (κ2) is 11.0. The molecule has 2 fully saturated rings. The van der Waals surface area contributed by atoms with Crippen LogP contribution in [0.2, 0.25) is 0 Å². The van der Waals surface area contributed by atoms with Gasteiger partial charge in [0.15, 0.2) is 0 Å². The first-order valence-corrected chi connectivity index (χ1v) is 13.6. The van der Waals surface area contributed by atoms with E-state index in [1.807, 2.05) is 11.9 Å². The third kappa shape index (κ3) is 6.02. The standard InChI is InChI=1S/C23H32N8O5S/c1-14-10-19(37(34,35)36)21(26-14)28-20-13-18(22(33)25-7-9-32)27-23(29-20)30(2)17-11-15-4-5-16(12-17)31(15)8-3-6-24/h10,13,15-17,26,32H,3-5,7-9,11-12H2,1-2H3,(H,25,33)(H,27,28,29)(H,34,35,36). The van der Waals surface area contributed by atoms with Crippen LogP contribution in [0.3, 0.4) is 0 Å². The molecular weight excluding hydrogens is 500 g/mol. The number of aryl methyl sites for hydroxylation is 1. The number of nitrogens with zero attached hydrogens (tertiary/aromatic N) is 5. The van der Waals surface area contributed by atoms with Gasteiger partial charge in [-0.15, -0.1) is 0 Å². The molecule has 4 heterocycles. The maximum absolute atomic E-state index is 12.7. The van der Waals surface area contributed by atoms with Crippen molar-refractivity contribution in [2.75, 3.05) is 37.0 Å². The highest BCUT2D eigenvalue weighted by Crippen LogP contribution is 2.38. The summed E-state index contributed by atoms with van der Waals surface area (Å²) in [6, 6.07) is 5.74. The lowest BCUT2D eigenvalue weighted by Crippen LogP contribution is -2.50. The van der Waals surface area contributed by atoms with E-state index in [0.717, 1.165) is 32.2 Å². The van der Waals surface area contributed by atoms with Crippen LogP contribution in [0.25, 0.3) is 0 Å². The van der Waals surface area contributed by atoms with Gasteiger partial charge in [-0.3, -0.25) is 14.2 Å². The van der Waals surface area contributed by atoms with E-state index in [1.165, 1.54) is 12.1 Å². The number of H-pyrrole nitrogens is 1. The van der Waals surface area contributed by atoms with Crippen molar-refractivity contribution in [3.05, 3.63) is 23.5 Å². The third-order valence-electron chi connectivity index (χ3n) is 7.00. The van der Waals surface area contributed by atoms with Crippen molar-refractivity contribution < 1.29 is 22.9 Å². The number of fused-ring (bicyclic) bond motifs is 2. The quantitative estimate of drug-likeness (QED) is 0.276. The highest BCUT2D eigenvalue weighted by molar-refractivity contribution is 7.86. The minimum atomic E-state index is -4.51. The molecule has 0 aromatic carbocycles. The van der Waals surface area contributed by atoms with Crippen LogP contribution >= 0.6 is 0 Å². The number of aromatic amines is 1. The van der Waals surface area contributed by atoms with Crippen LogP contribution in [0.15, 0.2) is 17.0 Å². The van der Waals surface area contributed by atoms with E-state index < -0.39 is 16.0 Å². The Morgan fingerprint density at radius 2 is 2.00 bits per heavy atom. The van der Waals surface area contributed by atoms with Gasteiger partial charge in [0.1, 0.15) is 22.2 Å². The van der Waals surface area contributed by atoms with Gasteiger partial charge in [-0.05, 0) is 38.7 Å². The maximum atomic E-state index is 12.7. The number of carbonyl (C=O) groups excluding carboxylic acids is 1. The van der Waals surface area contributed by atoms with Crippen LogP contribution < -0.4 is 15.5 Å². The Morgan fingerprint density at radius 3 is 2.62 bits per heavy atom. The number of nitriles is 1. The van der Waals surface area contributed by atoms with Gasteiger partial charge < -0.3 is 25.6 Å². The first kappa shape index (κ1) is 26.8. The number of piperidine rings is 1. The summed E-state index contributed by atoms with van der Waals surface area (Å²) in [5, 5.41) is 23.5. The van der Waals surface area contributed by atoms with E-state index in [2.05, 4.69) is 36.6 Å². The Bertz CT molecular complexity index is 1280. The molecule has 2 aromatic heterocycles.